The molecule has 1 unspecified atom stereocenters. The molecule has 1 aromatic rings. The molecule has 2 aliphatic rings. The van der Waals surface area contributed by atoms with E-state index in [1.54, 1.807) is 0 Å². The summed E-state index contributed by atoms with van der Waals surface area (Å²) in [5.41, 5.74) is 0.828. The highest BCUT2D eigenvalue weighted by molar-refractivity contribution is 5.90. The Morgan fingerprint density at radius 2 is 1.96 bits per heavy atom. The Labute approximate surface area is 156 Å². The van der Waals surface area contributed by atoms with Gasteiger partial charge in [-0.15, -0.1) is 12.4 Å². The van der Waals surface area contributed by atoms with Crippen LogP contribution in [0.2, 0.25) is 0 Å². The van der Waals surface area contributed by atoms with Crippen LogP contribution in [0.25, 0.3) is 0 Å². The largest absolute Gasteiger partial charge is 0.491 e. The molecular weight excluding hydrogens is 340 g/mol. The van der Waals surface area contributed by atoms with Gasteiger partial charge in [-0.2, -0.15) is 0 Å². The van der Waals surface area contributed by atoms with E-state index in [-0.39, 0.29) is 24.4 Å². The molecule has 2 fully saturated rings. The van der Waals surface area contributed by atoms with Crippen LogP contribution >= 0.6 is 12.4 Å². The van der Waals surface area contributed by atoms with E-state index >= 15 is 0 Å². The molecule has 2 N–H and O–H groups in total. The Bertz CT molecular complexity index is 512. The van der Waals surface area contributed by atoms with Crippen LogP contribution in [-0.4, -0.2) is 38.3 Å². The lowest BCUT2D eigenvalue weighted by atomic mass is 9.93. The van der Waals surface area contributed by atoms with Crippen molar-refractivity contribution in [2.45, 2.75) is 44.6 Å². The number of rotatable bonds is 7. The lowest BCUT2D eigenvalue weighted by Crippen LogP contribution is -2.28. The summed E-state index contributed by atoms with van der Waals surface area (Å²) in [7, 11) is 0. The topological polar surface area (TPSA) is 59.6 Å². The first-order valence-corrected chi connectivity index (χ1v) is 9.14. The molecule has 6 heteroatoms. The zero-order valence-electron chi connectivity index (χ0n) is 14.7. The third kappa shape index (κ3) is 6.84. The minimum absolute atomic E-state index is 0. The number of carbonyl (C=O) groups is 1. The predicted octanol–water partition coefficient (Wildman–Crippen LogP) is 3.38. The zero-order chi connectivity index (χ0) is 16.6. The van der Waals surface area contributed by atoms with Crippen molar-refractivity contribution in [3.63, 3.8) is 0 Å². The molecule has 1 atom stereocenters. The molecule has 0 saturated carbocycles. The van der Waals surface area contributed by atoms with Crippen molar-refractivity contribution in [2.24, 2.45) is 5.92 Å². The number of halogens is 1. The predicted molar refractivity (Wildman–Crippen MR) is 102 cm³/mol. The number of carbonyl (C=O) groups excluding carboxylic acids is 1. The van der Waals surface area contributed by atoms with Gasteiger partial charge >= 0.3 is 0 Å². The SMILES string of the molecule is Cl.O=C(CCC1CCNCC1)Nc1ccc(OCC2CCCO2)cc1. The van der Waals surface area contributed by atoms with E-state index in [4.69, 9.17) is 9.47 Å². The van der Waals surface area contributed by atoms with Crippen LogP contribution in [0, 0.1) is 5.92 Å². The standard InChI is InChI=1S/C19H28N2O3.ClH/c22-19(8-3-15-9-11-20-12-10-15)21-16-4-6-17(7-5-16)24-14-18-2-1-13-23-18;/h4-7,15,18,20H,1-3,8-14H2,(H,21,22);1H. The summed E-state index contributed by atoms with van der Waals surface area (Å²) in [6.07, 6.45) is 6.37. The maximum atomic E-state index is 12.1. The van der Waals surface area contributed by atoms with E-state index in [0.717, 1.165) is 50.4 Å². The molecule has 2 saturated heterocycles. The minimum atomic E-state index is 0. The van der Waals surface area contributed by atoms with Crippen LogP contribution in [0.15, 0.2) is 24.3 Å². The average Bonchev–Trinajstić information content (AvgIpc) is 3.14. The van der Waals surface area contributed by atoms with Crippen LogP contribution in [0.4, 0.5) is 5.69 Å². The van der Waals surface area contributed by atoms with E-state index in [1.807, 2.05) is 24.3 Å². The first kappa shape index (κ1) is 20.0. The highest BCUT2D eigenvalue weighted by Crippen LogP contribution is 2.20. The summed E-state index contributed by atoms with van der Waals surface area (Å²) in [5, 5.41) is 6.33. The number of hydrogen-bond donors (Lipinski definition) is 2. The quantitative estimate of drug-likeness (QED) is 0.774. The summed E-state index contributed by atoms with van der Waals surface area (Å²) >= 11 is 0. The van der Waals surface area contributed by atoms with Gasteiger partial charge in [-0.05, 0) is 75.4 Å². The van der Waals surface area contributed by atoms with Crippen LogP contribution in [-0.2, 0) is 9.53 Å². The Morgan fingerprint density at radius 1 is 1.20 bits per heavy atom. The molecule has 0 radical (unpaired) electrons. The molecule has 3 rings (SSSR count). The highest BCUT2D eigenvalue weighted by Gasteiger charge is 2.16. The average molecular weight is 369 g/mol. The molecular formula is C19H29ClN2O3. The van der Waals surface area contributed by atoms with Gasteiger partial charge in [0.1, 0.15) is 12.4 Å². The van der Waals surface area contributed by atoms with Crippen LogP contribution in [0.1, 0.15) is 38.5 Å². The van der Waals surface area contributed by atoms with Gasteiger partial charge in [-0.1, -0.05) is 0 Å². The number of hydrogen-bond acceptors (Lipinski definition) is 4. The second kappa shape index (κ2) is 10.6. The third-order valence-electron chi connectivity index (χ3n) is 4.84. The molecule has 2 heterocycles. The first-order chi connectivity index (χ1) is 11.8. The van der Waals surface area contributed by atoms with E-state index in [0.29, 0.717) is 18.9 Å². The Balaban J connectivity index is 0.00000225. The van der Waals surface area contributed by atoms with Crippen molar-refractivity contribution >= 4 is 24.0 Å². The number of piperidine rings is 1. The smallest absolute Gasteiger partial charge is 0.224 e. The molecule has 0 aromatic heterocycles. The molecule has 0 aliphatic carbocycles. The first-order valence-electron chi connectivity index (χ1n) is 9.14. The van der Waals surface area contributed by atoms with Crippen molar-refractivity contribution in [1.29, 1.82) is 0 Å². The van der Waals surface area contributed by atoms with Crippen molar-refractivity contribution in [3.8, 4) is 5.75 Å². The molecule has 5 nitrogen and oxygen atoms in total. The Kier molecular flexibility index (Phi) is 8.52. The molecule has 1 amide bonds. The monoisotopic (exact) mass is 368 g/mol. The molecule has 2 aliphatic heterocycles. The summed E-state index contributed by atoms with van der Waals surface area (Å²) in [4.78, 5) is 12.1. The third-order valence-corrected chi connectivity index (χ3v) is 4.84. The van der Waals surface area contributed by atoms with Gasteiger partial charge < -0.3 is 20.1 Å². The van der Waals surface area contributed by atoms with Crippen molar-refractivity contribution in [3.05, 3.63) is 24.3 Å². The number of ether oxygens (including phenoxy) is 2. The number of amides is 1. The Hall–Kier alpha value is -1.30. The van der Waals surface area contributed by atoms with E-state index < -0.39 is 0 Å². The lowest BCUT2D eigenvalue weighted by Gasteiger charge is -2.22. The van der Waals surface area contributed by atoms with Gasteiger partial charge in [0.15, 0.2) is 0 Å². The molecule has 0 bridgehead atoms. The molecule has 0 spiro atoms. The summed E-state index contributed by atoms with van der Waals surface area (Å²) in [6, 6.07) is 7.59. The fourth-order valence-electron chi connectivity index (χ4n) is 3.33. The van der Waals surface area contributed by atoms with Gasteiger partial charge in [0.05, 0.1) is 6.10 Å². The van der Waals surface area contributed by atoms with Gasteiger partial charge in [0, 0.05) is 18.7 Å². The fraction of sp³-hybridized carbons (Fsp3) is 0.632. The molecule has 1 aromatic carbocycles. The summed E-state index contributed by atoms with van der Waals surface area (Å²) in [5.74, 6) is 1.60. The van der Waals surface area contributed by atoms with Crippen LogP contribution < -0.4 is 15.4 Å². The number of anilines is 1. The maximum absolute atomic E-state index is 12.1. The van der Waals surface area contributed by atoms with E-state index in [2.05, 4.69) is 10.6 Å². The van der Waals surface area contributed by atoms with Gasteiger partial charge in [-0.25, -0.2) is 0 Å². The second-order valence-electron chi connectivity index (χ2n) is 6.75. The van der Waals surface area contributed by atoms with Crippen LogP contribution in [0.3, 0.4) is 0 Å². The zero-order valence-corrected chi connectivity index (χ0v) is 15.5. The molecule has 140 valence electrons. The van der Waals surface area contributed by atoms with Gasteiger partial charge in [0.2, 0.25) is 5.91 Å². The van der Waals surface area contributed by atoms with Gasteiger partial charge in [0.25, 0.3) is 0 Å². The fourth-order valence-corrected chi connectivity index (χ4v) is 3.33. The van der Waals surface area contributed by atoms with Crippen molar-refractivity contribution in [2.75, 3.05) is 31.6 Å². The maximum Gasteiger partial charge on any atom is 0.224 e. The Morgan fingerprint density at radius 3 is 2.64 bits per heavy atom. The number of nitrogens with one attached hydrogen (secondary N) is 2. The lowest BCUT2D eigenvalue weighted by molar-refractivity contribution is -0.116. The van der Waals surface area contributed by atoms with E-state index in [9.17, 15) is 4.79 Å². The summed E-state index contributed by atoms with van der Waals surface area (Å²) < 4.78 is 11.3. The second-order valence-corrected chi connectivity index (χ2v) is 6.75. The van der Waals surface area contributed by atoms with Crippen molar-refractivity contribution in [1.82, 2.24) is 5.32 Å². The molecule has 25 heavy (non-hydrogen) atoms. The van der Waals surface area contributed by atoms with E-state index in [1.165, 1.54) is 12.8 Å². The van der Waals surface area contributed by atoms with Crippen LogP contribution in [0.5, 0.6) is 5.75 Å². The highest BCUT2D eigenvalue weighted by atomic mass is 35.5. The number of benzene rings is 1. The minimum Gasteiger partial charge on any atom is -0.491 e. The van der Waals surface area contributed by atoms with Crippen molar-refractivity contribution < 1.29 is 14.3 Å². The summed E-state index contributed by atoms with van der Waals surface area (Å²) in [6.45, 7) is 3.61. The normalized spacial score (nSPS) is 20.7. The van der Waals surface area contributed by atoms with Gasteiger partial charge in [-0.3, -0.25) is 4.79 Å².